The van der Waals surface area contributed by atoms with E-state index in [-0.39, 0.29) is 5.56 Å². The van der Waals surface area contributed by atoms with Crippen molar-refractivity contribution >= 4 is 11.0 Å². The van der Waals surface area contributed by atoms with Crippen LogP contribution in [0.2, 0.25) is 0 Å². The summed E-state index contributed by atoms with van der Waals surface area (Å²) in [6.07, 6.45) is 0.793. The van der Waals surface area contributed by atoms with Crippen LogP contribution < -0.4 is 20.3 Å². The van der Waals surface area contributed by atoms with Gasteiger partial charge in [0.15, 0.2) is 11.5 Å². The second-order valence-corrected chi connectivity index (χ2v) is 8.96. The van der Waals surface area contributed by atoms with Gasteiger partial charge in [-0.25, -0.2) is 4.68 Å². The lowest BCUT2D eigenvalue weighted by Gasteiger charge is -2.10. The Hall–Kier alpha value is -4.36. The number of fused-ring (bicyclic) bond motifs is 1. The van der Waals surface area contributed by atoms with E-state index < -0.39 is 0 Å². The number of methoxy groups -OCH3 is 2. The highest BCUT2D eigenvalue weighted by atomic mass is 16.5. The van der Waals surface area contributed by atoms with Gasteiger partial charge >= 0.3 is 0 Å². The third kappa shape index (κ3) is 5.13. The lowest BCUT2D eigenvalue weighted by Crippen LogP contribution is -2.23. The van der Waals surface area contributed by atoms with Gasteiger partial charge in [-0.1, -0.05) is 54.1 Å². The molecule has 0 spiro atoms. The maximum Gasteiger partial charge on any atom is 0.254 e. The van der Waals surface area contributed by atoms with Crippen molar-refractivity contribution in [1.82, 2.24) is 20.1 Å². The van der Waals surface area contributed by atoms with Crippen LogP contribution in [0.25, 0.3) is 28.0 Å². The van der Waals surface area contributed by atoms with Crippen molar-refractivity contribution in [2.75, 3.05) is 20.8 Å². The van der Waals surface area contributed by atoms with Crippen LogP contribution in [0.5, 0.6) is 11.5 Å². The minimum absolute atomic E-state index is 0.126. The van der Waals surface area contributed by atoms with E-state index in [1.807, 2.05) is 54.6 Å². The summed E-state index contributed by atoms with van der Waals surface area (Å²) in [7, 11) is 3.26. The van der Waals surface area contributed by atoms with Crippen LogP contribution in [-0.4, -0.2) is 35.5 Å². The molecule has 0 aliphatic carbocycles. The molecular formula is C30H30N4O3. The van der Waals surface area contributed by atoms with Gasteiger partial charge < -0.3 is 19.8 Å². The highest BCUT2D eigenvalue weighted by Crippen LogP contribution is 2.29. The quantitative estimate of drug-likeness (QED) is 0.281. The molecule has 0 radical (unpaired) electrons. The van der Waals surface area contributed by atoms with Crippen molar-refractivity contribution in [3.63, 3.8) is 0 Å². The Morgan fingerprint density at radius 3 is 2.41 bits per heavy atom. The molecule has 0 unspecified atom stereocenters. The lowest BCUT2D eigenvalue weighted by atomic mass is 10.1. The fourth-order valence-corrected chi connectivity index (χ4v) is 4.42. The number of hydrogen-bond donors (Lipinski definition) is 2. The van der Waals surface area contributed by atoms with Gasteiger partial charge in [0, 0.05) is 23.1 Å². The zero-order chi connectivity index (χ0) is 25.8. The van der Waals surface area contributed by atoms with E-state index in [4.69, 9.17) is 14.6 Å². The number of aryl methyl sites for hydroxylation is 1. The van der Waals surface area contributed by atoms with Crippen molar-refractivity contribution in [2.24, 2.45) is 0 Å². The second-order valence-electron chi connectivity index (χ2n) is 8.96. The predicted molar refractivity (Wildman–Crippen MR) is 147 cm³/mol. The number of H-pyrrole nitrogens is 1. The first-order chi connectivity index (χ1) is 18.1. The largest absolute Gasteiger partial charge is 0.493 e. The first-order valence-corrected chi connectivity index (χ1v) is 12.3. The molecule has 188 valence electrons. The standard InChI is InChI=1S/C30H30N4O3/c1-20-9-12-22(13-10-20)28-25-18-23(19-31-16-15-21-11-14-26(36-2)27(17-21)37-3)30(35)32-29(25)34(33-28)24-7-5-4-6-8-24/h4-14,17-18,31H,15-16,19H2,1-3H3,(H,32,35). The normalized spacial score (nSPS) is 11.1. The van der Waals surface area contributed by atoms with E-state index in [0.29, 0.717) is 35.8 Å². The molecule has 2 aromatic heterocycles. The first kappa shape index (κ1) is 24.3. The van der Waals surface area contributed by atoms with Gasteiger partial charge in [-0.05, 0) is 55.8 Å². The van der Waals surface area contributed by atoms with Crippen molar-refractivity contribution in [3.05, 3.63) is 106 Å². The number of aromatic amines is 1. The van der Waals surface area contributed by atoms with E-state index in [9.17, 15) is 4.79 Å². The summed E-state index contributed by atoms with van der Waals surface area (Å²) in [5.74, 6) is 1.42. The van der Waals surface area contributed by atoms with Crippen LogP contribution in [0.3, 0.4) is 0 Å². The fraction of sp³-hybridized carbons (Fsp3) is 0.200. The zero-order valence-corrected chi connectivity index (χ0v) is 21.2. The Morgan fingerprint density at radius 1 is 0.919 bits per heavy atom. The monoisotopic (exact) mass is 494 g/mol. The number of para-hydroxylation sites is 1. The summed E-state index contributed by atoms with van der Waals surface area (Å²) in [6, 6.07) is 26.0. The van der Waals surface area contributed by atoms with Crippen molar-refractivity contribution in [2.45, 2.75) is 19.9 Å². The fourth-order valence-electron chi connectivity index (χ4n) is 4.42. The summed E-state index contributed by atoms with van der Waals surface area (Å²) in [6.45, 7) is 3.22. The van der Waals surface area contributed by atoms with E-state index >= 15 is 0 Å². The summed E-state index contributed by atoms with van der Waals surface area (Å²) in [4.78, 5) is 16.1. The number of benzene rings is 3. The van der Waals surface area contributed by atoms with Crippen molar-refractivity contribution in [1.29, 1.82) is 0 Å². The molecular weight excluding hydrogens is 464 g/mol. The highest BCUT2D eigenvalue weighted by molar-refractivity contribution is 5.92. The molecule has 2 N–H and O–H groups in total. The van der Waals surface area contributed by atoms with Crippen LogP contribution in [-0.2, 0) is 13.0 Å². The Kier molecular flexibility index (Phi) is 7.05. The third-order valence-electron chi connectivity index (χ3n) is 6.44. The number of rotatable bonds is 9. The van der Waals surface area contributed by atoms with Gasteiger partial charge in [-0.15, -0.1) is 0 Å². The van der Waals surface area contributed by atoms with Gasteiger partial charge in [-0.2, -0.15) is 5.10 Å². The minimum Gasteiger partial charge on any atom is -0.493 e. The van der Waals surface area contributed by atoms with Gasteiger partial charge in [0.05, 0.1) is 19.9 Å². The average Bonchev–Trinajstić information content (AvgIpc) is 3.29. The molecule has 0 aliphatic heterocycles. The molecule has 0 saturated heterocycles. The molecule has 0 bridgehead atoms. The van der Waals surface area contributed by atoms with Crippen molar-refractivity contribution < 1.29 is 9.47 Å². The molecule has 0 fully saturated rings. The summed E-state index contributed by atoms with van der Waals surface area (Å²) < 4.78 is 12.5. The molecule has 0 saturated carbocycles. The molecule has 5 rings (SSSR count). The van der Waals surface area contributed by atoms with E-state index in [1.54, 1.807) is 18.9 Å². The molecule has 2 heterocycles. The maximum absolute atomic E-state index is 13.1. The molecule has 3 aromatic carbocycles. The van der Waals surface area contributed by atoms with Crippen molar-refractivity contribution in [3.8, 4) is 28.4 Å². The topological polar surface area (TPSA) is 81.2 Å². The molecule has 0 amide bonds. The van der Waals surface area contributed by atoms with E-state index in [2.05, 4.69) is 41.5 Å². The summed E-state index contributed by atoms with van der Waals surface area (Å²) in [5.41, 5.74) is 6.26. The predicted octanol–water partition coefficient (Wildman–Crippen LogP) is 5.04. The number of pyridine rings is 1. The lowest BCUT2D eigenvalue weighted by molar-refractivity contribution is 0.354. The molecule has 0 aliphatic rings. The Morgan fingerprint density at radius 2 is 1.68 bits per heavy atom. The molecule has 7 heteroatoms. The van der Waals surface area contributed by atoms with E-state index in [0.717, 1.165) is 34.3 Å². The van der Waals surface area contributed by atoms with E-state index in [1.165, 1.54) is 5.56 Å². The van der Waals surface area contributed by atoms with Gasteiger partial charge in [0.1, 0.15) is 11.3 Å². The average molecular weight is 495 g/mol. The van der Waals surface area contributed by atoms with Gasteiger partial charge in [0.2, 0.25) is 0 Å². The number of ether oxygens (including phenoxy) is 2. The molecule has 7 nitrogen and oxygen atoms in total. The number of aromatic nitrogens is 3. The third-order valence-corrected chi connectivity index (χ3v) is 6.44. The minimum atomic E-state index is -0.126. The Bertz CT molecular complexity index is 1570. The highest BCUT2D eigenvalue weighted by Gasteiger charge is 2.16. The Balaban J connectivity index is 1.42. The molecule has 0 atom stereocenters. The summed E-state index contributed by atoms with van der Waals surface area (Å²) >= 11 is 0. The van der Waals surface area contributed by atoms with Crippen LogP contribution in [0.1, 0.15) is 16.7 Å². The smallest absolute Gasteiger partial charge is 0.254 e. The number of nitrogens with zero attached hydrogens (tertiary/aromatic N) is 2. The molecule has 5 aromatic rings. The van der Waals surface area contributed by atoms with Crippen LogP contribution in [0.15, 0.2) is 83.7 Å². The van der Waals surface area contributed by atoms with Gasteiger partial charge in [0.25, 0.3) is 5.56 Å². The van der Waals surface area contributed by atoms with Crippen LogP contribution in [0, 0.1) is 6.92 Å². The number of nitrogens with one attached hydrogen (secondary N) is 2. The molecule has 37 heavy (non-hydrogen) atoms. The van der Waals surface area contributed by atoms with Crippen LogP contribution >= 0.6 is 0 Å². The first-order valence-electron chi connectivity index (χ1n) is 12.3. The number of hydrogen-bond acceptors (Lipinski definition) is 5. The summed E-state index contributed by atoms with van der Waals surface area (Å²) in [5, 5.41) is 9.23. The van der Waals surface area contributed by atoms with Crippen LogP contribution in [0.4, 0.5) is 0 Å². The second kappa shape index (κ2) is 10.7. The zero-order valence-electron chi connectivity index (χ0n) is 21.2. The Labute approximate surface area is 215 Å². The van der Waals surface area contributed by atoms with Gasteiger partial charge in [-0.3, -0.25) is 4.79 Å². The maximum atomic E-state index is 13.1. The SMILES string of the molecule is COc1ccc(CCNCc2cc3c(-c4ccc(C)cc4)nn(-c4ccccc4)c3[nH]c2=O)cc1OC.